The van der Waals surface area contributed by atoms with Gasteiger partial charge in [-0.05, 0) is 31.3 Å². The number of pyridine rings is 1. The largest absolute Gasteiger partial charge is 0.433 e. The Hall–Kier alpha value is -4.18. The lowest BCUT2D eigenvalue weighted by Gasteiger charge is -2.34. The quantitative estimate of drug-likeness (QED) is 0.369. The van der Waals surface area contributed by atoms with Crippen LogP contribution in [-0.4, -0.2) is 58.3 Å². The number of hydrogen-bond donors (Lipinski definition) is 1. The van der Waals surface area contributed by atoms with E-state index in [1.807, 2.05) is 28.9 Å². The normalized spacial score (nSPS) is 14.5. The van der Waals surface area contributed by atoms with Crippen molar-refractivity contribution in [2.75, 3.05) is 43.4 Å². The number of anilines is 2. The molecule has 1 saturated heterocycles. The average Bonchev–Trinajstić information content (AvgIpc) is 3.48. The van der Waals surface area contributed by atoms with E-state index in [1.165, 1.54) is 11.8 Å². The molecule has 1 aliphatic heterocycles. The highest BCUT2D eigenvalue weighted by molar-refractivity contribution is 6.02. The summed E-state index contributed by atoms with van der Waals surface area (Å²) < 4.78 is 6.98. The van der Waals surface area contributed by atoms with Gasteiger partial charge in [-0.3, -0.25) is 19.3 Å². The number of benzene rings is 1. The maximum absolute atomic E-state index is 12.3. The van der Waals surface area contributed by atoms with Gasteiger partial charge < -0.3 is 19.5 Å². The number of nitrogens with zero attached hydrogens (tertiary/aromatic N) is 5. The summed E-state index contributed by atoms with van der Waals surface area (Å²) in [5.41, 5.74) is 4.48. The molecule has 0 unspecified atom stereocenters. The average molecular weight is 446 g/mol. The van der Waals surface area contributed by atoms with Gasteiger partial charge >= 0.3 is 5.88 Å². The summed E-state index contributed by atoms with van der Waals surface area (Å²) in [5, 5.41) is 13.4. The molecular weight excluding hydrogens is 424 g/mol. The van der Waals surface area contributed by atoms with Crippen molar-refractivity contribution in [3.05, 3.63) is 76.8 Å². The van der Waals surface area contributed by atoms with E-state index in [-0.39, 0.29) is 5.76 Å². The Morgan fingerprint density at radius 1 is 1.09 bits per heavy atom. The Morgan fingerprint density at radius 3 is 2.55 bits per heavy atom. The van der Waals surface area contributed by atoms with E-state index in [0.29, 0.717) is 5.69 Å². The van der Waals surface area contributed by atoms with Gasteiger partial charge in [-0.15, -0.1) is 0 Å². The summed E-state index contributed by atoms with van der Waals surface area (Å²) in [7, 11) is 2.14. The van der Waals surface area contributed by atoms with Gasteiger partial charge in [0.15, 0.2) is 5.76 Å². The van der Waals surface area contributed by atoms with Crippen LogP contribution in [0.25, 0.3) is 16.9 Å². The summed E-state index contributed by atoms with van der Waals surface area (Å²) in [4.78, 5) is 31.6. The van der Waals surface area contributed by atoms with Crippen molar-refractivity contribution in [3.63, 3.8) is 0 Å². The molecule has 4 aromatic rings. The molecule has 0 aliphatic carbocycles. The number of hydrogen-bond acceptors (Lipinski definition) is 7. The molecule has 1 fully saturated rings. The van der Waals surface area contributed by atoms with Crippen molar-refractivity contribution in [2.24, 2.45) is 0 Å². The van der Waals surface area contributed by atoms with Gasteiger partial charge in [0.1, 0.15) is 10.6 Å². The molecular formula is C23H22N6O4. The van der Waals surface area contributed by atoms with Gasteiger partial charge in [0.05, 0.1) is 18.0 Å². The number of aromatic nitrogens is 2. The minimum Gasteiger partial charge on any atom is -0.395 e. The smallest absolute Gasteiger partial charge is 0.395 e. The van der Waals surface area contributed by atoms with Crippen LogP contribution in [0.2, 0.25) is 0 Å². The molecule has 168 valence electrons. The number of likely N-dealkylation sites (N-methyl/N-ethyl adjacent to an activating group) is 1. The molecule has 10 heteroatoms. The van der Waals surface area contributed by atoms with Crippen LogP contribution in [0.4, 0.5) is 17.3 Å². The van der Waals surface area contributed by atoms with E-state index in [0.717, 1.165) is 49.1 Å². The minimum absolute atomic E-state index is 0.122. The fraction of sp³-hybridized carbons (Fsp3) is 0.217. The summed E-state index contributed by atoms with van der Waals surface area (Å²) in [5.74, 6) is -1.15. The molecule has 1 aliphatic rings. The Labute approximate surface area is 189 Å². The summed E-state index contributed by atoms with van der Waals surface area (Å²) in [6.07, 6.45) is 3.86. The number of nitro groups is 1. The van der Waals surface area contributed by atoms with Crippen LogP contribution in [0.5, 0.6) is 0 Å². The van der Waals surface area contributed by atoms with Crippen molar-refractivity contribution in [1.82, 2.24) is 14.3 Å². The third-order valence-corrected chi connectivity index (χ3v) is 5.80. The zero-order chi connectivity index (χ0) is 22.9. The molecule has 0 saturated carbocycles. The van der Waals surface area contributed by atoms with Crippen molar-refractivity contribution in [3.8, 4) is 11.3 Å². The fourth-order valence-electron chi connectivity index (χ4n) is 3.91. The number of carbonyl (C=O) groups is 1. The Balaban J connectivity index is 1.31. The lowest BCUT2D eigenvalue weighted by molar-refractivity contribution is -0.402. The van der Waals surface area contributed by atoms with Crippen molar-refractivity contribution in [2.45, 2.75) is 0 Å². The molecule has 0 spiro atoms. The number of imidazole rings is 1. The number of nitrogens with one attached hydrogen (secondary N) is 1. The van der Waals surface area contributed by atoms with Crippen LogP contribution in [0.1, 0.15) is 10.6 Å². The first-order chi connectivity index (χ1) is 16.0. The van der Waals surface area contributed by atoms with Crippen LogP contribution < -0.4 is 10.2 Å². The molecule has 1 N–H and O–H groups in total. The number of carbonyl (C=O) groups excluding carboxylic acids is 1. The number of amides is 1. The SMILES string of the molecule is CN1CCN(c2ccn3c(-c4ccc(NC(=O)c5ccc([N+](=O)[O-])o5)cc4)cnc3c2)CC1. The van der Waals surface area contributed by atoms with E-state index in [4.69, 9.17) is 4.42 Å². The molecule has 1 aromatic carbocycles. The Bertz CT molecular complexity index is 1320. The van der Waals surface area contributed by atoms with Crippen LogP contribution in [-0.2, 0) is 0 Å². The number of rotatable bonds is 5. The summed E-state index contributed by atoms with van der Waals surface area (Å²) in [6, 6.07) is 13.9. The second-order valence-corrected chi connectivity index (χ2v) is 7.97. The molecule has 0 radical (unpaired) electrons. The number of piperazine rings is 1. The van der Waals surface area contributed by atoms with Crippen LogP contribution in [0, 0.1) is 10.1 Å². The monoisotopic (exact) mass is 446 g/mol. The van der Waals surface area contributed by atoms with Crippen molar-refractivity contribution in [1.29, 1.82) is 0 Å². The zero-order valence-electron chi connectivity index (χ0n) is 18.0. The van der Waals surface area contributed by atoms with Gasteiger partial charge in [-0.2, -0.15) is 0 Å². The predicted molar refractivity (Wildman–Crippen MR) is 124 cm³/mol. The van der Waals surface area contributed by atoms with Crippen LogP contribution >= 0.6 is 0 Å². The van der Waals surface area contributed by atoms with E-state index in [9.17, 15) is 14.9 Å². The standard InChI is InChI=1S/C23H22N6O4/c1-26-10-12-27(13-11-26)18-8-9-28-19(15-24-21(28)14-18)16-2-4-17(5-3-16)25-23(30)20-6-7-22(33-20)29(31)32/h2-9,14-15H,10-13H2,1H3,(H,25,30). The van der Waals surface area contributed by atoms with Crippen LogP contribution in [0.3, 0.4) is 0 Å². The summed E-state index contributed by atoms with van der Waals surface area (Å²) >= 11 is 0. The van der Waals surface area contributed by atoms with Gasteiger partial charge in [-0.25, -0.2) is 4.98 Å². The van der Waals surface area contributed by atoms with Gasteiger partial charge in [0.2, 0.25) is 0 Å². The van der Waals surface area contributed by atoms with E-state index in [2.05, 4.69) is 39.3 Å². The van der Waals surface area contributed by atoms with Gasteiger partial charge in [0.25, 0.3) is 5.91 Å². The van der Waals surface area contributed by atoms with Gasteiger partial charge in [0, 0.05) is 55.4 Å². The second-order valence-electron chi connectivity index (χ2n) is 7.97. The predicted octanol–water partition coefficient (Wildman–Crippen LogP) is 3.51. The molecule has 0 bridgehead atoms. The maximum Gasteiger partial charge on any atom is 0.433 e. The summed E-state index contributed by atoms with van der Waals surface area (Å²) in [6.45, 7) is 4.09. The fourth-order valence-corrected chi connectivity index (χ4v) is 3.91. The van der Waals surface area contributed by atoms with Gasteiger partial charge in [-0.1, -0.05) is 12.1 Å². The zero-order valence-corrected chi connectivity index (χ0v) is 18.0. The van der Waals surface area contributed by atoms with E-state index < -0.39 is 16.7 Å². The number of fused-ring (bicyclic) bond motifs is 1. The lowest BCUT2D eigenvalue weighted by Crippen LogP contribution is -2.44. The van der Waals surface area contributed by atoms with E-state index >= 15 is 0 Å². The molecule has 4 heterocycles. The molecule has 1 amide bonds. The highest BCUT2D eigenvalue weighted by Gasteiger charge is 2.18. The van der Waals surface area contributed by atoms with E-state index in [1.54, 1.807) is 12.1 Å². The minimum atomic E-state index is -0.685. The van der Waals surface area contributed by atoms with Crippen LogP contribution in [0.15, 0.2) is 65.3 Å². The maximum atomic E-state index is 12.3. The topological polar surface area (TPSA) is 109 Å². The Morgan fingerprint density at radius 2 is 1.85 bits per heavy atom. The third kappa shape index (κ3) is 4.15. The molecule has 0 atom stereocenters. The third-order valence-electron chi connectivity index (χ3n) is 5.80. The van der Waals surface area contributed by atoms with Crippen molar-refractivity contribution < 1.29 is 14.1 Å². The first kappa shape index (κ1) is 20.7. The number of furan rings is 1. The highest BCUT2D eigenvalue weighted by Crippen LogP contribution is 2.26. The van der Waals surface area contributed by atoms with Crippen molar-refractivity contribution >= 4 is 28.8 Å². The lowest BCUT2D eigenvalue weighted by atomic mass is 10.1. The first-order valence-electron chi connectivity index (χ1n) is 10.5. The molecule has 5 rings (SSSR count). The molecule has 10 nitrogen and oxygen atoms in total. The first-order valence-corrected chi connectivity index (χ1v) is 10.5. The molecule has 33 heavy (non-hydrogen) atoms. The second kappa shape index (κ2) is 8.40. The Kier molecular flexibility index (Phi) is 5.27. The highest BCUT2D eigenvalue weighted by atomic mass is 16.6. The molecule has 3 aromatic heterocycles.